The number of hydrogen-bond donors (Lipinski definition) is 1. The first kappa shape index (κ1) is 17.9. The molecule has 124 valence electrons. The number of rotatable bonds is 5. The van der Waals surface area contributed by atoms with Gasteiger partial charge in [-0.3, -0.25) is 4.79 Å². The van der Waals surface area contributed by atoms with Crippen LogP contribution in [0.2, 0.25) is 0 Å². The van der Waals surface area contributed by atoms with Gasteiger partial charge < -0.3 is 10.1 Å². The summed E-state index contributed by atoms with van der Waals surface area (Å²) < 4.78 is 19.5. The Bertz CT molecular complexity index is 775. The molecule has 24 heavy (non-hydrogen) atoms. The van der Waals surface area contributed by atoms with Gasteiger partial charge in [-0.15, -0.1) is 0 Å². The van der Waals surface area contributed by atoms with Crippen LogP contribution in [-0.2, 0) is 20.9 Å². The van der Waals surface area contributed by atoms with E-state index in [1.165, 1.54) is 25.1 Å². The van der Waals surface area contributed by atoms with E-state index in [4.69, 9.17) is 4.74 Å². The minimum absolute atomic E-state index is 0.00813. The molecule has 0 fully saturated rings. The Kier molecular flexibility index (Phi) is 6.26. The first-order chi connectivity index (χ1) is 11.5. The Morgan fingerprint density at radius 1 is 1.21 bits per heavy atom. The third kappa shape index (κ3) is 5.31. The first-order valence-corrected chi connectivity index (χ1v) is 7.90. The summed E-state index contributed by atoms with van der Waals surface area (Å²) in [6.07, 6.45) is 1.50. The van der Waals surface area contributed by atoms with Crippen molar-refractivity contribution in [3.8, 4) is 0 Å². The summed E-state index contributed by atoms with van der Waals surface area (Å²) >= 11 is 3.16. The van der Waals surface area contributed by atoms with Crippen molar-refractivity contribution in [1.82, 2.24) is 5.32 Å². The van der Waals surface area contributed by atoms with Crippen molar-refractivity contribution in [2.24, 2.45) is 0 Å². The number of hydrogen-bond acceptors (Lipinski definition) is 3. The Morgan fingerprint density at radius 2 is 1.92 bits per heavy atom. The summed E-state index contributed by atoms with van der Waals surface area (Å²) in [5, 5.41) is 2.43. The predicted molar refractivity (Wildman–Crippen MR) is 92.1 cm³/mol. The second-order valence-corrected chi connectivity index (χ2v) is 5.88. The van der Waals surface area contributed by atoms with Gasteiger partial charge in [0.15, 0.2) is 0 Å². The van der Waals surface area contributed by atoms with Crippen LogP contribution < -0.4 is 5.32 Å². The third-order valence-electron chi connectivity index (χ3n) is 3.02. The second kappa shape index (κ2) is 8.40. The van der Waals surface area contributed by atoms with Crippen molar-refractivity contribution in [3.63, 3.8) is 0 Å². The second-order valence-electron chi connectivity index (χ2n) is 4.96. The van der Waals surface area contributed by atoms with Crippen molar-refractivity contribution < 1.29 is 18.7 Å². The molecule has 2 rings (SSSR count). The monoisotopic (exact) mass is 391 g/mol. The lowest BCUT2D eigenvalue weighted by Crippen LogP contribution is -2.26. The van der Waals surface area contributed by atoms with E-state index in [2.05, 4.69) is 21.2 Å². The number of halogens is 2. The van der Waals surface area contributed by atoms with Gasteiger partial charge in [-0.1, -0.05) is 52.3 Å². The number of nitrogens with one attached hydrogen (secondary N) is 1. The summed E-state index contributed by atoms with van der Waals surface area (Å²) in [7, 11) is 0. The maximum absolute atomic E-state index is 13.8. The van der Waals surface area contributed by atoms with Gasteiger partial charge in [0.1, 0.15) is 18.1 Å². The molecule has 0 heterocycles. The largest absolute Gasteiger partial charge is 0.456 e. The Morgan fingerprint density at radius 3 is 2.54 bits per heavy atom. The van der Waals surface area contributed by atoms with E-state index in [0.29, 0.717) is 4.47 Å². The molecular formula is C18H15BrFNO3. The first-order valence-electron chi connectivity index (χ1n) is 7.11. The average Bonchev–Trinajstić information content (AvgIpc) is 2.53. The van der Waals surface area contributed by atoms with Gasteiger partial charge in [0.25, 0.3) is 0 Å². The summed E-state index contributed by atoms with van der Waals surface area (Å²) in [5.41, 5.74) is 0.965. The molecule has 0 aliphatic rings. The fraction of sp³-hybridized carbons (Fsp3) is 0.111. The van der Waals surface area contributed by atoms with Crippen LogP contribution in [0, 0.1) is 5.82 Å². The minimum Gasteiger partial charge on any atom is -0.456 e. The highest BCUT2D eigenvalue weighted by Crippen LogP contribution is 2.16. The molecule has 6 heteroatoms. The molecule has 0 aliphatic carbocycles. The molecule has 0 saturated carbocycles. The maximum Gasteiger partial charge on any atom is 0.355 e. The van der Waals surface area contributed by atoms with E-state index in [0.717, 1.165) is 5.56 Å². The van der Waals surface area contributed by atoms with Crippen molar-refractivity contribution in [1.29, 1.82) is 0 Å². The molecule has 0 atom stereocenters. The molecular weight excluding hydrogens is 377 g/mol. The van der Waals surface area contributed by atoms with Crippen LogP contribution in [0.3, 0.4) is 0 Å². The number of esters is 1. The van der Waals surface area contributed by atoms with Gasteiger partial charge in [0, 0.05) is 17.0 Å². The number of carbonyl (C=O) groups is 2. The number of carbonyl (C=O) groups excluding carboxylic acids is 2. The van der Waals surface area contributed by atoms with Gasteiger partial charge in [0.05, 0.1) is 0 Å². The molecule has 2 aromatic rings. The minimum atomic E-state index is -0.739. The van der Waals surface area contributed by atoms with Crippen LogP contribution in [0.4, 0.5) is 4.39 Å². The number of amides is 1. The van der Waals surface area contributed by atoms with Crippen LogP contribution >= 0.6 is 15.9 Å². The summed E-state index contributed by atoms with van der Waals surface area (Å²) in [5.74, 6) is -1.62. The highest BCUT2D eigenvalue weighted by atomic mass is 79.9. The van der Waals surface area contributed by atoms with E-state index >= 15 is 0 Å². The number of ether oxygens (including phenoxy) is 1. The van der Waals surface area contributed by atoms with Gasteiger partial charge in [-0.25, -0.2) is 9.18 Å². The zero-order chi connectivity index (χ0) is 17.5. The Balaban J connectivity index is 2.13. The smallest absolute Gasteiger partial charge is 0.355 e. The van der Waals surface area contributed by atoms with Crippen molar-refractivity contribution in [2.45, 2.75) is 13.5 Å². The highest BCUT2D eigenvalue weighted by Gasteiger charge is 2.14. The van der Waals surface area contributed by atoms with Crippen molar-refractivity contribution in [2.75, 3.05) is 0 Å². The topological polar surface area (TPSA) is 55.4 Å². The standard InChI is InChI=1S/C18H15BrFNO3/c1-12(22)21-17(9-13-5-3-2-4-6-13)18(23)24-11-14-7-8-15(19)10-16(14)20/h2-10H,11H2,1H3,(H,21,22)/b17-9-. The highest BCUT2D eigenvalue weighted by molar-refractivity contribution is 9.10. The number of benzene rings is 2. The summed E-state index contributed by atoms with van der Waals surface area (Å²) in [6, 6.07) is 13.5. The fourth-order valence-electron chi connectivity index (χ4n) is 1.91. The van der Waals surface area contributed by atoms with Crippen molar-refractivity contribution in [3.05, 3.63) is 75.6 Å². The van der Waals surface area contributed by atoms with E-state index in [9.17, 15) is 14.0 Å². The molecule has 0 spiro atoms. The molecule has 0 saturated heterocycles. The summed E-state index contributed by atoms with van der Waals surface area (Å²) in [6.45, 7) is 1.06. The van der Waals surface area contributed by atoms with Crippen LogP contribution in [-0.4, -0.2) is 11.9 Å². The van der Waals surface area contributed by atoms with Crippen LogP contribution in [0.5, 0.6) is 0 Å². The molecule has 0 bridgehead atoms. The lowest BCUT2D eigenvalue weighted by Gasteiger charge is -2.10. The molecule has 1 amide bonds. The average molecular weight is 392 g/mol. The van der Waals surface area contributed by atoms with Crippen molar-refractivity contribution >= 4 is 33.9 Å². The van der Waals surface area contributed by atoms with Crippen LogP contribution in [0.1, 0.15) is 18.1 Å². The van der Waals surface area contributed by atoms with E-state index in [1.54, 1.807) is 30.3 Å². The van der Waals surface area contributed by atoms with Crippen LogP contribution in [0.15, 0.2) is 58.7 Å². The molecule has 0 aliphatic heterocycles. The molecule has 0 radical (unpaired) electrons. The molecule has 0 aromatic heterocycles. The Labute approximate surface area is 147 Å². The quantitative estimate of drug-likeness (QED) is 0.622. The van der Waals surface area contributed by atoms with Gasteiger partial charge >= 0.3 is 5.97 Å². The maximum atomic E-state index is 13.8. The van der Waals surface area contributed by atoms with E-state index < -0.39 is 17.7 Å². The molecule has 4 nitrogen and oxygen atoms in total. The van der Waals surface area contributed by atoms with Crippen LogP contribution in [0.25, 0.3) is 6.08 Å². The fourth-order valence-corrected chi connectivity index (χ4v) is 2.24. The van der Waals surface area contributed by atoms with E-state index in [-0.39, 0.29) is 17.9 Å². The lowest BCUT2D eigenvalue weighted by atomic mass is 10.2. The lowest BCUT2D eigenvalue weighted by molar-refractivity contribution is -0.141. The summed E-state index contributed by atoms with van der Waals surface area (Å²) in [4.78, 5) is 23.5. The predicted octanol–water partition coefficient (Wildman–Crippen LogP) is 3.81. The molecule has 1 N–H and O–H groups in total. The third-order valence-corrected chi connectivity index (χ3v) is 3.51. The normalized spacial score (nSPS) is 11.0. The molecule has 2 aromatic carbocycles. The SMILES string of the molecule is CC(=O)N/C(=C\c1ccccc1)C(=O)OCc1ccc(Br)cc1F. The zero-order valence-corrected chi connectivity index (χ0v) is 14.5. The van der Waals surface area contributed by atoms with E-state index in [1.807, 2.05) is 6.07 Å². The van der Waals surface area contributed by atoms with Gasteiger partial charge in [-0.05, 0) is 23.8 Å². The zero-order valence-electron chi connectivity index (χ0n) is 12.9. The molecule has 0 unspecified atom stereocenters. The van der Waals surface area contributed by atoms with Gasteiger partial charge in [0.2, 0.25) is 5.91 Å². The Hall–Kier alpha value is -2.47. The van der Waals surface area contributed by atoms with Gasteiger partial charge in [-0.2, -0.15) is 0 Å².